The van der Waals surface area contributed by atoms with Gasteiger partial charge in [-0.1, -0.05) is 91.0 Å². The molecule has 1 saturated heterocycles. The Morgan fingerprint density at radius 2 is 1.02 bits per heavy atom. The molecule has 2 heterocycles. The summed E-state index contributed by atoms with van der Waals surface area (Å²) in [5.41, 5.74) is 8.28. The first kappa shape index (κ1) is 84.3. The first-order valence-corrected chi connectivity index (χ1v) is 36.3. The Labute approximate surface area is 609 Å². The number of carboxylic acid groups (broad SMARTS) is 2. The molecule has 17 N–H and O–H groups in total. The molecule has 101 heavy (non-hydrogen) atoms. The predicted molar refractivity (Wildman–Crippen MR) is 386 cm³/mol. The van der Waals surface area contributed by atoms with Crippen molar-refractivity contribution in [3.05, 3.63) is 120 Å². The van der Waals surface area contributed by atoms with Gasteiger partial charge in [-0.3, -0.25) is 67.2 Å². The van der Waals surface area contributed by atoms with Crippen LogP contribution in [0.3, 0.4) is 0 Å². The van der Waals surface area contributed by atoms with Gasteiger partial charge in [0.1, 0.15) is 42.3 Å². The maximum Gasteiger partial charge on any atom is 3.00 e. The molecule has 0 saturated carbocycles. The van der Waals surface area contributed by atoms with E-state index in [4.69, 9.17) is 5.73 Å². The van der Waals surface area contributed by atoms with Gasteiger partial charge in [-0.15, -0.1) is 0 Å². The van der Waals surface area contributed by atoms with Gasteiger partial charge in [0.05, 0.1) is 44.2 Å². The molecule has 546 valence electrons. The zero-order valence-electron chi connectivity index (χ0n) is 56.4. The largest absolute Gasteiger partial charge is 3.00 e. The molecule has 1 fully saturated rings. The van der Waals surface area contributed by atoms with Crippen molar-refractivity contribution in [1.29, 1.82) is 0 Å². The third-order valence-corrected chi connectivity index (χ3v) is 19.5. The SMILES string of the molecule is C[C@@H](O)[C@H](NC(=O)[C@H](CCCCN)NC(=O)[C@H](Cc1c[nH]c2ccccc12)NC(=O)[C@H](Cc1cccc2ccccc12)NC(=O)[C@H](CS)NC(=O)[C@H](Cc1ccccc1)NC(=O)CCP(=O)(O)CN1CCN(CC(=O)O)CCN(CC(=O)O)CC1)C(=O)N[C@@H](CS)C(=O)N[C@H](CO)[C@@H](C)O.[68Ga+3]. The summed E-state index contributed by atoms with van der Waals surface area (Å²) in [7, 11) is -4.16. The summed E-state index contributed by atoms with van der Waals surface area (Å²) in [6.07, 6.45) is -2.47. The summed E-state index contributed by atoms with van der Waals surface area (Å²) >= 11 is 8.62. The van der Waals surface area contributed by atoms with Crippen molar-refractivity contribution in [2.45, 2.75) is 119 Å². The average Bonchev–Trinajstić information content (AvgIpc) is 1.40. The number of carbonyl (C=O) groups excluding carboxylic acids is 8. The molecule has 1 aliphatic rings. The van der Waals surface area contributed by atoms with Crippen molar-refractivity contribution in [3.63, 3.8) is 0 Å². The number of hydrogen-bond acceptors (Lipinski definition) is 20. The third-order valence-electron chi connectivity index (χ3n) is 17.0. The maximum absolute atomic E-state index is 15.3. The molecule has 6 rings (SSSR count). The fourth-order valence-electron chi connectivity index (χ4n) is 11.4. The molecule has 0 spiro atoms. The number of aliphatic hydroxyl groups excluding tert-OH is 3. The third kappa shape index (κ3) is 27.4. The second kappa shape index (κ2) is 42.3. The quantitative estimate of drug-likeness (QED) is 0.00902. The standard InChI is InChI=1S/C67H94N13O17PS2.Ga/c1-41(82)54(37-81)74-66(94)56(39-100)76-67(95)60(42(2)83)77-61(89)50(21-10-11-23-68)71-63(91)53(33-46-34-69-49-20-9-8-19-48(46)49)72-64(92)52(32-45-17-12-16-44-15-6-7-18-47(44)45)73-65(93)55(38-99)75-62(90)51(31-43-13-4-3-5-14-43)70-57(84)22-30-98(96,97)40-80-28-26-78(35-58(85)86)24-25-79(27-29-80)36-59(87)88;/h3-9,12-20,34,41-42,50-56,60,69,81-83,99-100H,10-11,21-33,35-40,68H2,1-2H3,(H,70,84)(H,71,91)(H,72,92)(H,73,93)(H,74,94)(H,75,90)(H,76,95)(H,77,89)(H,85,86)(H,87,88)(H,96,97);/q;+3/t41-,42-,50+,51+,52+,53+,54-,55+,56+,60+;/m1./s1/i;1-2. The van der Waals surface area contributed by atoms with Crippen LogP contribution in [0.4, 0.5) is 0 Å². The number of thiol groups is 2. The number of aliphatic hydroxyl groups is 3. The molecule has 11 atom stereocenters. The first-order valence-electron chi connectivity index (χ1n) is 33.0. The predicted octanol–water partition coefficient (Wildman–Crippen LogP) is -1.70. The Hall–Kier alpha value is -7.37. The van der Waals surface area contributed by atoms with Crippen molar-refractivity contribution in [3.8, 4) is 0 Å². The number of nitrogens with zero attached hydrogens (tertiary/aromatic N) is 3. The van der Waals surface area contributed by atoms with Crippen LogP contribution in [0, 0.1) is 0 Å². The first-order chi connectivity index (χ1) is 47.7. The van der Waals surface area contributed by atoms with Gasteiger partial charge in [0.25, 0.3) is 0 Å². The second-order valence-electron chi connectivity index (χ2n) is 24.9. The minimum Gasteiger partial charge on any atom is -0.480 e. The molecule has 8 amide bonds. The van der Waals surface area contributed by atoms with Crippen LogP contribution >= 0.6 is 32.6 Å². The van der Waals surface area contributed by atoms with Crippen LogP contribution < -0.4 is 48.3 Å². The van der Waals surface area contributed by atoms with Crippen LogP contribution in [-0.2, 0) is 71.8 Å². The molecular weight excluding hydrogens is 1420 g/mol. The average molecular weight is 1520 g/mol. The van der Waals surface area contributed by atoms with E-state index in [1.54, 1.807) is 93.7 Å². The van der Waals surface area contributed by atoms with Crippen molar-refractivity contribution < 1.29 is 82.9 Å². The van der Waals surface area contributed by atoms with Gasteiger partial charge in [-0.25, -0.2) is 0 Å². The summed E-state index contributed by atoms with van der Waals surface area (Å²) in [6, 6.07) is 16.9. The van der Waals surface area contributed by atoms with E-state index in [-0.39, 0.29) is 122 Å². The molecule has 1 unspecified atom stereocenters. The molecule has 0 radical (unpaired) electrons. The van der Waals surface area contributed by atoms with E-state index in [1.807, 2.05) is 24.3 Å². The van der Waals surface area contributed by atoms with E-state index in [2.05, 4.69) is 72.8 Å². The second-order valence-corrected chi connectivity index (χ2v) is 28.0. The monoisotopic (exact) mass is 1520 g/mol. The topological polar surface area (TPSA) is 457 Å². The minimum absolute atomic E-state index is 0. The fourth-order valence-corrected chi connectivity index (χ4v) is 13.5. The van der Waals surface area contributed by atoms with Gasteiger partial charge >= 0.3 is 31.7 Å². The Kier molecular flexibility index (Phi) is 35.3. The number of carboxylic acids is 2. The number of carbonyl (C=O) groups is 10. The zero-order valence-corrected chi connectivity index (χ0v) is 61.6. The minimum atomic E-state index is -4.16. The number of aromatic amines is 1. The number of nitrogens with two attached hydrogens (primary N) is 1. The summed E-state index contributed by atoms with van der Waals surface area (Å²) in [5.74, 6) is -9.96. The Bertz CT molecular complexity index is 3610. The molecule has 1 aliphatic heterocycles. The zero-order chi connectivity index (χ0) is 73.1. The molecule has 1 aromatic heterocycles. The Morgan fingerprint density at radius 1 is 0.545 bits per heavy atom. The van der Waals surface area contributed by atoms with Crippen LogP contribution in [0.2, 0.25) is 0 Å². The van der Waals surface area contributed by atoms with Gasteiger partial charge in [-0.2, -0.15) is 25.3 Å². The van der Waals surface area contributed by atoms with Gasteiger partial charge in [0.2, 0.25) is 54.6 Å². The van der Waals surface area contributed by atoms with Crippen LogP contribution in [0.15, 0.2) is 103 Å². The fraction of sp³-hybridized carbons (Fsp3) is 0.493. The number of aromatic nitrogens is 1. The number of rotatable bonds is 39. The number of aliphatic carboxylic acids is 2. The van der Waals surface area contributed by atoms with Crippen molar-refractivity contribution in [2.24, 2.45) is 5.73 Å². The van der Waals surface area contributed by atoms with Gasteiger partial charge < -0.3 is 83.7 Å². The van der Waals surface area contributed by atoms with Gasteiger partial charge in [0.15, 0.2) is 0 Å². The van der Waals surface area contributed by atoms with E-state index in [1.165, 1.54) is 13.8 Å². The van der Waals surface area contributed by atoms with E-state index in [0.717, 1.165) is 5.39 Å². The van der Waals surface area contributed by atoms with Crippen molar-refractivity contribution >= 4 is 133 Å². The summed E-state index contributed by atoms with van der Waals surface area (Å²) < 4.78 is 13.8. The summed E-state index contributed by atoms with van der Waals surface area (Å²) in [5, 5.41) is 72.8. The van der Waals surface area contributed by atoms with Gasteiger partial charge in [-0.05, 0) is 73.2 Å². The molecule has 5 aromatic rings. The normalized spacial score (nSPS) is 16.7. The smallest absolute Gasteiger partial charge is 0.480 e. The van der Waals surface area contributed by atoms with Gasteiger partial charge in [0, 0.05) is 99.7 Å². The van der Waals surface area contributed by atoms with Crippen LogP contribution in [0.5, 0.6) is 0 Å². The maximum atomic E-state index is 15.3. The number of unbranched alkanes of at least 4 members (excludes halogenated alkanes) is 1. The van der Waals surface area contributed by atoms with Crippen LogP contribution in [0.1, 0.15) is 56.2 Å². The molecule has 0 bridgehead atoms. The van der Waals surface area contributed by atoms with E-state index in [0.29, 0.717) is 39.4 Å². The van der Waals surface area contributed by atoms with Crippen LogP contribution in [-0.4, -0.2) is 279 Å². The molecule has 4 aromatic carbocycles. The number of H-pyrrole nitrogens is 1. The number of fused-ring (bicyclic) bond motifs is 2. The number of nitrogens with one attached hydrogen (secondary N) is 9. The molecule has 34 heteroatoms. The van der Waals surface area contributed by atoms with E-state index in [9.17, 15) is 73.3 Å². The van der Waals surface area contributed by atoms with Crippen molar-refractivity contribution in [1.82, 2.24) is 62.2 Å². The number of para-hydroxylation sites is 1. The summed E-state index contributed by atoms with van der Waals surface area (Å²) in [6.45, 7) is 2.70. The summed E-state index contributed by atoms with van der Waals surface area (Å²) in [4.78, 5) is 157. The van der Waals surface area contributed by atoms with Crippen molar-refractivity contribution in [2.75, 3.05) is 89.5 Å². The Balaban J connectivity index is 0.0000184. The molecular formula is C67H94GaN13O17PS2+3. The number of amides is 8. The number of hydrogen-bond donors (Lipinski definition) is 18. The number of benzene rings is 4. The Morgan fingerprint density at radius 3 is 1.57 bits per heavy atom. The van der Waals surface area contributed by atoms with Crippen LogP contribution in [0.25, 0.3) is 21.7 Å². The van der Waals surface area contributed by atoms with E-state index >= 15 is 9.59 Å². The molecule has 0 aliphatic carbocycles. The van der Waals surface area contributed by atoms with E-state index < -0.39 is 153 Å². The molecule has 30 nitrogen and oxygen atoms in total.